The van der Waals surface area contributed by atoms with Crippen LogP contribution >= 0.6 is 0 Å². The van der Waals surface area contributed by atoms with Crippen molar-refractivity contribution in [2.24, 2.45) is 0 Å². The highest BCUT2D eigenvalue weighted by Crippen LogP contribution is 2.20. The van der Waals surface area contributed by atoms with E-state index in [4.69, 9.17) is 0 Å². The highest BCUT2D eigenvalue weighted by molar-refractivity contribution is 5.78. The fraction of sp³-hybridized carbons (Fsp3) is 0.562. The summed E-state index contributed by atoms with van der Waals surface area (Å²) >= 11 is 0. The molecule has 5 nitrogen and oxygen atoms in total. The lowest BCUT2D eigenvalue weighted by molar-refractivity contribution is -0.123. The van der Waals surface area contributed by atoms with Gasteiger partial charge >= 0.3 is 0 Å². The summed E-state index contributed by atoms with van der Waals surface area (Å²) in [6.07, 6.45) is 0. The summed E-state index contributed by atoms with van der Waals surface area (Å²) in [6, 6.07) is 3.88. The Morgan fingerprint density at radius 3 is 2.55 bits per heavy atom. The number of piperazine rings is 1. The first-order valence-corrected chi connectivity index (χ1v) is 7.72. The van der Waals surface area contributed by atoms with Gasteiger partial charge in [0, 0.05) is 26.2 Å². The molecule has 0 aliphatic carbocycles. The van der Waals surface area contributed by atoms with E-state index in [-0.39, 0.29) is 17.7 Å². The zero-order chi connectivity index (χ0) is 16.1. The standard InChI is InChI=1S/C16H24FN3O2/c1-3-19-6-8-20(9-7-19)11-16(22)18-12(2)13-4-5-15(21)14(17)10-13/h4-5,10,12,21H,3,6-9,11H2,1-2H3,(H,18,22). The van der Waals surface area contributed by atoms with Gasteiger partial charge in [-0.05, 0) is 31.2 Å². The molecule has 1 saturated heterocycles. The van der Waals surface area contributed by atoms with E-state index in [1.165, 1.54) is 12.1 Å². The Morgan fingerprint density at radius 1 is 1.32 bits per heavy atom. The van der Waals surface area contributed by atoms with Crippen LogP contribution < -0.4 is 5.32 Å². The second kappa shape index (κ2) is 7.56. The zero-order valence-electron chi connectivity index (χ0n) is 13.2. The lowest BCUT2D eigenvalue weighted by Gasteiger charge is -2.33. The van der Waals surface area contributed by atoms with Gasteiger partial charge in [-0.25, -0.2) is 4.39 Å². The summed E-state index contributed by atoms with van der Waals surface area (Å²) in [5, 5.41) is 12.1. The first kappa shape index (κ1) is 16.7. The van der Waals surface area contributed by atoms with Gasteiger partial charge in [0.25, 0.3) is 0 Å². The number of hydrogen-bond acceptors (Lipinski definition) is 4. The summed E-state index contributed by atoms with van der Waals surface area (Å²) in [5.41, 5.74) is 0.638. The molecule has 1 aliphatic rings. The fourth-order valence-corrected chi connectivity index (χ4v) is 2.63. The number of hydrogen-bond donors (Lipinski definition) is 2. The normalized spacial score (nSPS) is 18.1. The van der Waals surface area contributed by atoms with Crippen molar-refractivity contribution >= 4 is 5.91 Å². The molecule has 2 rings (SSSR count). The molecule has 1 unspecified atom stereocenters. The van der Waals surface area contributed by atoms with E-state index in [9.17, 15) is 14.3 Å². The van der Waals surface area contributed by atoms with Gasteiger partial charge in [0.15, 0.2) is 11.6 Å². The van der Waals surface area contributed by atoms with Crippen molar-refractivity contribution in [3.8, 4) is 5.75 Å². The van der Waals surface area contributed by atoms with E-state index in [0.29, 0.717) is 12.1 Å². The average Bonchev–Trinajstić information content (AvgIpc) is 2.50. The average molecular weight is 309 g/mol. The van der Waals surface area contributed by atoms with Crippen LogP contribution in [0.15, 0.2) is 18.2 Å². The van der Waals surface area contributed by atoms with Crippen LogP contribution in [0.1, 0.15) is 25.5 Å². The SMILES string of the molecule is CCN1CCN(CC(=O)NC(C)c2ccc(O)c(F)c2)CC1. The summed E-state index contributed by atoms with van der Waals surface area (Å²) < 4.78 is 13.3. The molecule has 1 heterocycles. The van der Waals surface area contributed by atoms with E-state index in [0.717, 1.165) is 32.7 Å². The van der Waals surface area contributed by atoms with E-state index < -0.39 is 5.82 Å². The van der Waals surface area contributed by atoms with Gasteiger partial charge in [0.1, 0.15) is 0 Å². The third-order valence-corrected chi connectivity index (χ3v) is 4.13. The molecule has 1 amide bonds. The number of rotatable bonds is 5. The van der Waals surface area contributed by atoms with Crippen molar-refractivity contribution in [1.29, 1.82) is 0 Å². The van der Waals surface area contributed by atoms with Gasteiger partial charge in [-0.15, -0.1) is 0 Å². The minimum Gasteiger partial charge on any atom is -0.505 e. The number of halogens is 1. The van der Waals surface area contributed by atoms with Gasteiger partial charge < -0.3 is 15.3 Å². The third kappa shape index (κ3) is 4.42. The van der Waals surface area contributed by atoms with Crippen molar-refractivity contribution in [2.45, 2.75) is 19.9 Å². The molecule has 1 fully saturated rings. The fourth-order valence-electron chi connectivity index (χ4n) is 2.63. The Kier molecular flexibility index (Phi) is 5.74. The topological polar surface area (TPSA) is 55.8 Å². The molecule has 1 atom stereocenters. The molecule has 22 heavy (non-hydrogen) atoms. The van der Waals surface area contributed by atoms with Crippen LogP contribution in [0.2, 0.25) is 0 Å². The molecule has 122 valence electrons. The predicted molar refractivity (Wildman–Crippen MR) is 83.2 cm³/mol. The summed E-state index contributed by atoms with van der Waals surface area (Å²) in [4.78, 5) is 16.6. The number of nitrogens with one attached hydrogen (secondary N) is 1. The number of carbonyl (C=O) groups excluding carboxylic acids is 1. The summed E-state index contributed by atoms with van der Waals surface area (Å²) in [6.45, 7) is 9.11. The van der Waals surface area contributed by atoms with Crippen molar-refractivity contribution in [1.82, 2.24) is 15.1 Å². The lowest BCUT2D eigenvalue weighted by Crippen LogP contribution is -2.49. The Morgan fingerprint density at radius 2 is 1.95 bits per heavy atom. The summed E-state index contributed by atoms with van der Waals surface area (Å²) in [7, 11) is 0. The molecule has 1 aromatic carbocycles. The quantitative estimate of drug-likeness (QED) is 0.862. The lowest BCUT2D eigenvalue weighted by atomic mass is 10.1. The number of carbonyl (C=O) groups is 1. The smallest absolute Gasteiger partial charge is 0.234 e. The highest BCUT2D eigenvalue weighted by atomic mass is 19.1. The third-order valence-electron chi connectivity index (χ3n) is 4.13. The maximum absolute atomic E-state index is 13.3. The van der Waals surface area contributed by atoms with Gasteiger partial charge in [-0.3, -0.25) is 9.69 Å². The van der Waals surface area contributed by atoms with Crippen LogP contribution in [0.25, 0.3) is 0 Å². The monoisotopic (exact) mass is 309 g/mol. The van der Waals surface area contributed by atoms with Gasteiger partial charge in [0.05, 0.1) is 12.6 Å². The largest absolute Gasteiger partial charge is 0.505 e. The minimum absolute atomic E-state index is 0.0640. The molecule has 6 heteroatoms. The van der Waals surface area contributed by atoms with E-state index in [1.54, 1.807) is 13.0 Å². The molecular weight excluding hydrogens is 285 g/mol. The van der Waals surface area contributed by atoms with Crippen LogP contribution in [-0.2, 0) is 4.79 Å². The molecule has 0 aromatic heterocycles. The molecular formula is C16H24FN3O2. The Balaban J connectivity index is 1.82. The van der Waals surface area contributed by atoms with Gasteiger partial charge in [0.2, 0.25) is 5.91 Å². The van der Waals surface area contributed by atoms with Crippen LogP contribution in [0, 0.1) is 5.82 Å². The molecule has 0 saturated carbocycles. The Hall–Kier alpha value is -1.66. The maximum Gasteiger partial charge on any atom is 0.234 e. The minimum atomic E-state index is -0.672. The van der Waals surface area contributed by atoms with Gasteiger partial charge in [-0.1, -0.05) is 13.0 Å². The van der Waals surface area contributed by atoms with Gasteiger partial charge in [-0.2, -0.15) is 0 Å². The number of phenols is 1. The molecule has 0 radical (unpaired) electrons. The van der Waals surface area contributed by atoms with Crippen LogP contribution in [0.3, 0.4) is 0 Å². The first-order chi connectivity index (χ1) is 10.5. The predicted octanol–water partition coefficient (Wildman–Crippen LogP) is 1.35. The second-order valence-electron chi connectivity index (χ2n) is 5.71. The number of aromatic hydroxyl groups is 1. The van der Waals surface area contributed by atoms with Crippen LogP contribution in [0.4, 0.5) is 4.39 Å². The number of phenolic OH excluding ortho intramolecular Hbond substituents is 1. The highest BCUT2D eigenvalue weighted by Gasteiger charge is 2.19. The molecule has 1 aromatic rings. The van der Waals surface area contributed by atoms with Crippen molar-refractivity contribution < 1.29 is 14.3 Å². The summed E-state index contributed by atoms with van der Waals surface area (Å²) in [5.74, 6) is -1.11. The second-order valence-corrected chi connectivity index (χ2v) is 5.71. The molecule has 0 spiro atoms. The first-order valence-electron chi connectivity index (χ1n) is 7.72. The van der Waals surface area contributed by atoms with Crippen molar-refractivity contribution in [3.05, 3.63) is 29.6 Å². The molecule has 2 N–H and O–H groups in total. The number of benzene rings is 1. The van der Waals surface area contributed by atoms with E-state index >= 15 is 0 Å². The molecule has 1 aliphatic heterocycles. The van der Waals surface area contributed by atoms with E-state index in [1.807, 2.05) is 0 Å². The van der Waals surface area contributed by atoms with Crippen molar-refractivity contribution in [2.75, 3.05) is 39.3 Å². The van der Waals surface area contributed by atoms with Crippen molar-refractivity contribution in [3.63, 3.8) is 0 Å². The number of nitrogens with zero attached hydrogens (tertiary/aromatic N) is 2. The maximum atomic E-state index is 13.3. The Labute approximate surface area is 130 Å². The zero-order valence-corrected chi connectivity index (χ0v) is 13.2. The number of likely N-dealkylation sites (N-methyl/N-ethyl adjacent to an activating group) is 1. The van der Waals surface area contributed by atoms with E-state index in [2.05, 4.69) is 22.0 Å². The number of amides is 1. The van der Waals surface area contributed by atoms with Crippen LogP contribution in [-0.4, -0.2) is 60.1 Å². The molecule has 0 bridgehead atoms. The Bertz CT molecular complexity index is 516. The van der Waals surface area contributed by atoms with Crippen LogP contribution in [0.5, 0.6) is 5.75 Å².